The number of carboxylic acid groups (broad SMARTS) is 2. The molecule has 46 heavy (non-hydrogen) atoms. The van der Waals surface area contributed by atoms with E-state index in [0.29, 0.717) is 42.1 Å². The highest BCUT2D eigenvalue weighted by Gasteiger charge is 2.29. The minimum atomic E-state index is -1.26. The van der Waals surface area contributed by atoms with E-state index in [1.807, 2.05) is 51.2 Å². The molecule has 4 aromatic heterocycles. The normalized spacial score (nSPS) is 12.3. The maximum Gasteiger partial charge on any atom is 0.328 e. The topological polar surface area (TPSA) is 217 Å². The van der Waals surface area contributed by atoms with Crippen molar-refractivity contribution < 1.29 is 33.4 Å². The van der Waals surface area contributed by atoms with Gasteiger partial charge in [0.1, 0.15) is 17.7 Å². The SMILES string of the molecule is Cc1c(CN(C)C(=O)c2cc(-c3ncco3)nc(-c3nnc([C@](C)(N)Cc4ccccc4)o3)c2)cnn1C.O=C(O)/C=C/C(=O)O. The number of carbonyl (C=O) groups excluding carboxylic acids is 1. The molecule has 238 valence electrons. The van der Waals surface area contributed by atoms with Crippen LogP contribution in [0.1, 0.15) is 40.0 Å². The number of aliphatic carboxylic acids is 2. The number of oxazole rings is 1. The van der Waals surface area contributed by atoms with E-state index in [0.717, 1.165) is 16.8 Å². The molecule has 5 rings (SSSR count). The first kappa shape index (κ1) is 32.9. The fourth-order valence-corrected chi connectivity index (χ4v) is 4.27. The average molecular weight is 629 g/mol. The molecule has 15 heteroatoms. The lowest BCUT2D eigenvalue weighted by atomic mass is 9.94. The Morgan fingerprint density at radius 3 is 2.26 bits per heavy atom. The summed E-state index contributed by atoms with van der Waals surface area (Å²) in [6, 6.07) is 13.1. The molecule has 4 heterocycles. The monoisotopic (exact) mass is 628 g/mol. The van der Waals surface area contributed by atoms with E-state index >= 15 is 0 Å². The summed E-state index contributed by atoms with van der Waals surface area (Å²) in [5.41, 5.74) is 9.67. The molecular formula is C31H32N8O7. The molecule has 0 saturated heterocycles. The largest absolute Gasteiger partial charge is 0.478 e. The van der Waals surface area contributed by atoms with Crippen LogP contribution in [0.3, 0.4) is 0 Å². The molecule has 1 amide bonds. The summed E-state index contributed by atoms with van der Waals surface area (Å²) >= 11 is 0. The molecule has 0 saturated carbocycles. The van der Waals surface area contributed by atoms with Crippen LogP contribution in [0.25, 0.3) is 23.2 Å². The third kappa shape index (κ3) is 8.35. The smallest absolute Gasteiger partial charge is 0.328 e. The van der Waals surface area contributed by atoms with Crippen LogP contribution in [0.2, 0.25) is 0 Å². The molecule has 1 atom stereocenters. The first-order valence-corrected chi connectivity index (χ1v) is 13.8. The molecule has 0 spiro atoms. The summed E-state index contributed by atoms with van der Waals surface area (Å²) in [5, 5.41) is 28.3. The second-order valence-electron chi connectivity index (χ2n) is 10.5. The van der Waals surface area contributed by atoms with Crippen LogP contribution in [0, 0.1) is 6.92 Å². The zero-order valence-electron chi connectivity index (χ0n) is 25.5. The molecule has 0 fully saturated rings. The lowest BCUT2D eigenvalue weighted by molar-refractivity contribution is -0.134. The van der Waals surface area contributed by atoms with E-state index in [-0.39, 0.29) is 23.6 Å². The Kier molecular flexibility index (Phi) is 10.2. The van der Waals surface area contributed by atoms with Gasteiger partial charge in [0.25, 0.3) is 11.8 Å². The number of hydrogen-bond donors (Lipinski definition) is 3. The fraction of sp³-hybridized carbons (Fsp3) is 0.226. The molecule has 0 unspecified atom stereocenters. The number of carboxylic acids is 2. The Morgan fingerprint density at radius 1 is 1.04 bits per heavy atom. The zero-order valence-corrected chi connectivity index (χ0v) is 25.5. The van der Waals surface area contributed by atoms with Crippen molar-refractivity contribution in [2.75, 3.05) is 7.05 Å². The van der Waals surface area contributed by atoms with Gasteiger partial charge in [-0.2, -0.15) is 5.10 Å². The molecule has 0 aliphatic rings. The summed E-state index contributed by atoms with van der Waals surface area (Å²) in [7, 11) is 3.59. The number of carbonyl (C=O) groups is 3. The summed E-state index contributed by atoms with van der Waals surface area (Å²) in [4.78, 5) is 43.0. The van der Waals surface area contributed by atoms with Crippen molar-refractivity contribution in [3.05, 3.63) is 102 Å². The Labute approximate surface area is 263 Å². The van der Waals surface area contributed by atoms with Crippen LogP contribution in [-0.2, 0) is 35.1 Å². The summed E-state index contributed by atoms with van der Waals surface area (Å²) in [5.74, 6) is -2.08. The molecule has 5 aromatic rings. The van der Waals surface area contributed by atoms with E-state index in [1.54, 1.807) is 35.0 Å². The number of aryl methyl sites for hydroxylation is 1. The lowest BCUT2D eigenvalue weighted by Crippen LogP contribution is -2.35. The van der Waals surface area contributed by atoms with Gasteiger partial charge in [-0.05, 0) is 38.0 Å². The highest BCUT2D eigenvalue weighted by atomic mass is 16.4. The maximum atomic E-state index is 13.5. The van der Waals surface area contributed by atoms with Crippen molar-refractivity contribution in [1.82, 2.24) is 34.8 Å². The number of nitrogens with zero attached hydrogens (tertiary/aromatic N) is 7. The van der Waals surface area contributed by atoms with Crippen LogP contribution >= 0.6 is 0 Å². The highest BCUT2D eigenvalue weighted by molar-refractivity contribution is 5.95. The van der Waals surface area contributed by atoms with E-state index in [4.69, 9.17) is 24.8 Å². The third-order valence-electron chi connectivity index (χ3n) is 6.73. The zero-order chi connectivity index (χ0) is 33.4. The van der Waals surface area contributed by atoms with Crippen LogP contribution in [0.4, 0.5) is 0 Å². The number of rotatable bonds is 10. The fourth-order valence-electron chi connectivity index (χ4n) is 4.27. The third-order valence-corrected chi connectivity index (χ3v) is 6.73. The van der Waals surface area contributed by atoms with Gasteiger partial charge >= 0.3 is 11.9 Å². The van der Waals surface area contributed by atoms with E-state index < -0.39 is 17.5 Å². The Bertz CT molecular complexity index is 1830. The number of aromatic nitrogens is 6. The molecular weight excluding hydrogens is 596 g/mol. The Morgan fingerprint density at radius 2 is 1.70 bits per heavy atom. The van der Waals surface area contributed by atoms with Crippen LogP contribution in [0.5, 0.6) is 0 Å². The number of nitrogens with two attached hydrogens (primary N) is 1. The second-order valence-corrected chi connectivity index (χ2v) is 10.5. The van der Waals surface area contributed by atoms with Crippen LogP contribution < -0.4 is 5.73 Å². The molecule has 4 N–H and O–H groups in total. The van der Waals surface area contributed by atoms with Crippen molar-refractivity contribution >= 4 is 17.8 Å². The summed E-state index contributed by atoms with van der Waals surface area (Å²) in [6.45, 7) is 4.18. The van der Waals surface area contributed by atoms with Gasteiger partial charge in [0, 0.05) is 49.6 Å². The van der Waals surface area contributed by atoms with Gasteiger partial charge in [-0.1, -0.05) is 30.3 Å². The van der Waals surface area contributed by atoms with Crippen molar-refractivity contribution in [2.24, 2.45) is 12.8 Å². The van der Waals surface area contributed by atoms with Crippen molar-refractivity contribution in [3.8, 4) is 23.2 Å². The predicted molar refractivity (Wildman–Crippen MR) is 163 cm³/mol. The first-order valence-electron chi connectivity index (χ1n) is 13.8. The quantitative estimate of drug-likeness (QED) is 0.190. The second kappa shape index (κ2) is 14.2. The van der Waals surface area contributed by atoms with Gasteiger partial charge in [0.05, 0.1) is 17.9 Å². The predicted octanol–water partition coefficient (Wildman–Crippen LogP) is 3.23. The van der Waals surface area contributed by atoms with Gasteiger partial charge in [-0.3, -0.25) is 9.48 Å². The number of benzene rings is 1. The van der Waals surface area contributed by atoms with Crippen molar-refractivity contribution in [2.45, 2.75) is 32.4 Å². The molecule has 0 bridgehead atoms. The number of hydrogen-bond acceptors (Lipinski definition) is 11. The minimum absolute atomic E-state index is 0.137. The van der Waals surface area contributed by atoms with Crippen molar-refractivity contribution in [3.63, 3.8) is 0 Å². The van der Waals surface area contributed by atoms with E-state index in [9.17, 15) is 14.4 Å². The van der Waals surface area contributed by atoms with Crippen LogP contribution in [-0.4, -0.2) is 70.0 Å². The van der Waals surface area contributed by atoms with Crippen LogP contribution in [0.15, 0.2) is 82.1 Å². The van der Waals surface area contributed by atoms with Gasteiger partial charge < -0.3 is 29.7 Å². The number of pyridine rings is 1. The number of amides is 1. The van der Waals surface area contributed by atoms with E-state index in [1.165, 1.54) is 12.5 Å². The highest BCUT2D eigenvalue weighted by Crippen LogP contribution is 2.28. The Balaban J connectivity index is 0.000000533. The van der Waals surface area contributed by atoms with Crippen molar-refractivity contribution in [1.29, 1.82) is 0 Å². The van der Waals surface area contributed by atoms with Gasteiger partial charge in [-0.25, -0.2) is 19.6 Å². The maximum absolute atomic E-state index is 13.5. The van der Waals surface area contributed by atoms with Gasteiger partial charge in [-0.15, -0.1) is 10.2 Å². The molecule has 15 nitrogen and oxygen atoms in total. The molecule has 1 aromatic carbocycles. The molecule has 0 aliphatic carbocycles. The average Bonchev–Trinajstić information content (AvgIpc) is 3.80. The minimum Gasteiger partial charge on any atom is -0.478 e. The lowest BCUT2D eigenvalue weighted by Gasteiger charge is -2.20. The van der Waals surface area contributed by atoms with Gasteiger partial charge in [0.2, 0.25) is 11.8 Å². The molecule has 0 radical (unpaired) electrons. The first-order chi connectivity index (χ1) is 21.8. The standard InChI is InChI=1S/C27H28N8O3.C4H4O4/c1-17-20(15-30-35(17)4)16-34(3)25(36)19-12-21(23-29-10-11-37-23)31-22(13-19)24-32-33-26(38-24)27(2,28)14-18-8-6-5-7-9-18;5-3(6)1-2-4(7)8/h5-13,15H,14,16,28H2,1-4H3;1-2H,(H,5,6)(H,7,8)/b;2-1+/t27-;/m1./s1. The van der Waals surface area contributed by atoms with E-state index in [2.05, 4.69) is 25.3 Å². The van der Waals surface area contributed by atoms with Gasteiger partial charge in [0.15, 0.2) is 0 Å². The summed E-state index contributed by atoms with van der Waals surface area (Å²) in [6.07, 6.45) is 6.33. The summed E-state index contributed by atoms with van der Waals surface area (Å²) < 4.78 is 13.2. The molecule has 0 aliphatic heterocycles. The Hall–Kier alpha value is -5.96.